The average Bonchev–Trinajstić information content (AvgIpc) is 3.41. The number of nitrogens with zero attached hydrogens (tertiary/aromatic N) is 3. The van der Waals surface area contributed by atoms with E-state index in [1.165, 1.54) is 11.8 Å². The monoisotopic (exact) mass is 430 g/mol. The number of hydrogen-bond donors (Lipinski definition) is 1. The van der Waals surface area contributed by atoms with Gasteiger partial charge in [0.05, 0.1) is 18.9 Å². The Morgan fingerprint density at radius 1 is 1.28 bits per heavy atom. The predicted molar refractivity (Wildman–Crippen MR) is 119 cm³/mol. The summed E-state index contributed by atoms with van der Waals surface area (Å²) in [5.74, 6) is 1.92. The summed E-state index contributed by atoms with van der Waals surface area (Å²) in [4.78, 5) is 13.5. The Kier molecular flexibility index (Phi) is 7.71. The summed E-state index contributed by atoms with van der Waals surface area (Å²) in [5, 5.41) is 14.6. The van der Waals surface area contributed by atoms with E-state index in [9.17, 15) is 4.79 Å². The zero-order chi connectivity index (χ0) is 20.6. The number of benzene rings is 1. The van der Waals surface area contributed by atoms with Crippen LogP contribution in [-0.4, -0.2) is 33.5 Å². The maximum atomic E-state index is 12.4. The van der Waals surface area contributed by atoms with E-state index in [2.05, 4.69) is 27.0 Å². The highest BCUT2D eigenvalue weighted by Crippen LogP contribution is 2.26. The lowest BCUT2D eigenvalue weighted by atomic mass is 10.2. The SMILES string of the molecule is CCCCn1c(SCC(=O)NC(C)c2cccs2)nnc1-c1ccc(OC)cc1. The number of nitrogens with one attached hydrogen (secondary N) is 1. The zero-order valence-corrected chi connectivity index (χ0v) is 18.6. The number of unbranched alkanes of at least 4 members (excludes halogenated alkanes) is 1. The Bertz CT molecular complexity index is 907. The number of amides is 1. The van der Waals surface area contributed by atoms with Crippen LogP contribution in [0.3, 0.4) is 0 Å². The van der Waals surface area contributed by atoms with Gasteiger partial charge < -0.3 is 14.6 Å². The molecule has 0 aliphatic rings. The summed E-state index contributed by atoms with van der Waals surface area (Å²) in [6.07, 6.45) is 2.10. The maximum absolute atomic E-state index is 12.4. The van der Waals surface area contributed by atoms with Gasteiger partial charge in [-0.1, -0.05) is 31.2 Å². The van der Waals surface area contributed by atoms with Crippen LogP contribution in [0.5, 0.6) is 5.75 Å². The number of hydrogen-bond acceptors (Lipinski definition) is 6. The van der Waals surface area contributed by atoms with Gasteiger partial charge in [-0.05, 0) is 49.1 Å². The predicted octanol–water partition coefficient (Wildman–Crippen LogP) is 4.78. The molecule has 2 aromatic heterocycles. The molecule has 154 valence electrons. The molecule has 0 aliphatic heterocycles. The van der Waals surface area contributed by atoms with Gasteiger partial charge in [-0.3, -0.25) is 4.79 Å². The fourth-order valence-electron chi connectivity index (χ4n) is 2.89. The summed E-state index contributed by atoms with van der Waals surface area (Å²) in [6, 6.07) is 11.8. The number of thioether (sulfide) groups is 1. The van der Waals surface area contributed by atoms with Gasteiger partial charge in [0.25, 0.3) is 0 Å². The molecule has 3 aromatic rings. The lowest BCUT2D eigenvalue weighted by Gasteiger charge is -2.13. The normalized spacial score (nSPS) is 12.0. The van der Waals surface area contributed by atoms with Crippen LogP contribution in [-0.2, 0) is 11.3 Å². The van der Waals surface area contributed by atoms with Gasteiger partial charge in [0.2, 0.25) is 5.91 Å². The minimum atomic E-state index is -0.00746. The van der Waals surface area contributed by atoms with Crippen molar-refractivity contribution in [3.8, 4) is 17.1 Å². The van der Waals surface area contributed by atoms with E-state index in [0.717, 1.165) is 46.6 Å². The van der Waals surface area contributed by atoms with Crippen LogP contribution in [0.15, 0.2) is 46.9 Å². The van der Waals surface area contributed by atoms with Gasteiger partial charge in [-0.25, -0.2) is 0 Å². The van der Waals surface area contributed by atoms with Crippen molar-refractivity contribution >= 4 is 29.0 Å². The van der Waals surface area contributed by atoms with Gasteiger partial charge in [0, 0.05) is 17.0 Å². The number of methoxy groups -OCH3 is 1. The van der Waals surface area contributed by atoms with E-state index in [0.29, 0.717) is 5.75 Å². The number of thiophene rings is 1. The third-order valence-electron chi connectivity index (χ3n) is 4.48. The van der Waals surface area contributed by atoms with E-state index >= 15 is 0 Å². The Morgan fingerprint density at radius 2 is 2.07 bits per heavy atom. The second-order valence-electron chi connectivity index (χ2n) is 6.63. The molecule has 2 heterocycles. The molecule has 0 aliphatic carbocycles. The lowest BCUT2D eigenvalue weighted by molar-refractivity contribution is -0.119. The second-order valence-corrected chi connectivity index (χ2v) is 8.55. The molecule has 3 rings (SSSR count). The molecule has 6 nitrogen and oxygen atoms in total. The summed E-state index contributed by atoms with van der Waals surface area (Å²) in [7, 11) is 1.65. The van der Waals surface area contributed by atoms with Crippen molar-refractivity contribution in [2.45, 2.75) is 44.4 Å². The van der Waals surface area contributed by atoms with Gasteiger partial charge >= 0.3 is 0 Å². The van der Waals surface area contributed by atoms with Crippen LogP contribution in [0.2, 0.25) is 0 Å². The fraction of sp³-hybridized carbons (Fsp3) is 0.381. The van der Waals surface area contributed by atoms with Gasteiger partial charge in [-0.15, -0.1) is 21.5 Å². The van der Waals surface area contributed by atoms with Crippen molar-refractivity contribution in [3.05, 3.63) is 46.7 Å². The van der Waals surface area contributed by atoms with Crippen LogP contribution in [0, 0.1) is 0 Å². The van der Waals surface area contributed by atoms with E-state index in [4.69, 9.17) is 4.74 Å². The molecule has 1 unspecified atom stereocenters. The Morgan fingerprint density at radius 3 is 2.72 bits per heavy atom. The van der Waals surface area contributed by atoms with E-state index in [1.54, 1.807) is 18.4 Å². The molecule has 0 saturated heterocycles. The topological polar surface area (TPSA) is 69.0 Å². The molecular formula is C21H26N4O2S2. The first-order valence-electron chi connectivity index (χ1n) is 9.65. The van der Waals surface area contributed by atoms with E-state index in [1.807, 2.05) is 48.7 Å². The Hall–Kier alpha value is -2.32. The fourth-order valence-corrected chi connectivity index (χ4v) is 4.40. The van der Waals surface area contributed by atoms with E-state index in [-0.39, 0.29) is 11.9 Å². The molecule has 0 fully saturated rings. The van der Waals surface area contributed by atoms with Crippen molar-refractivity contribution < 1.29 is 9.53 Å². The molecule has 1 amide bonds. The van der Waals surface area contributed by atoms with Gasteiger partial charge in [0.15, 0.2) is 11.0 Å². The van der Waals surface area contributed by atoms with Gasteiger partial charge in [-0.2, -0.15) is 0 Å². The highest BCUT2D eigenvalue weighted by molar-refractivity contribution is 7.99. The first-order valence-corrected chi connectivity index (χ1v) is 11.5. The van der Waals surface area contributed by atoms with Gasteiger partial charge in [0.1, 0.15) is 5.75 Å². The molecule has 0 radical (unpaired) electrons. The first kappa shape index (κ1) is 21.4. The van der Waals surface area contributed by atoms with Crippen LogP contribution >= 0.6 is 23.1 Å². The molecule has 0 saturated carbocycles. The highest BCUT2D eigenvalue weighted by atomic mass is 32.2. The Balaban J connectivity index is 1.69. The summed E-state index contributed by atoms with van der Waals surface area (Å²) < 4.78 is 7.34. The zero-order valence-electron chi connectivity index (χ0n) is 16.9. The standard InChI is InChI=1S/C21H26N4O2S2/c1-4-5-12-25-20(16-8-10-17(27-3)11-9-16)23-24-21(25)29-14-19(26)22-15(2)18-7-6-13-28-18/h6-11,13,15H,4-5,12,14H2,1-3H3,(H,22,26). The Labute approximate surface area is 179 Å². The number of carbonyl (C=O) groups excluding carboxylic acids is 1. The first-order chi connectivity index (χ1) is 14.1. The highest BCUT2D eigenvalue weighted by Gasteiger charge is 2.17. The largest absolute Gasteiger partial charge is 0.497 e. The second kappa shape index (κ2) is 10.5. The number of rotatable bonds is 10. The number of carbonyl (C=O) groups is 1. The number of aromatic nitrogens is 3. The molecule has 1 atom stereocenters. The summed E-state index contributed by atoms with van der Waals surface area (Å²) in [5.41, 5.74) is 0.983. The van der Waals surface area contributed by atoms with Crippen molar-refractivity contribution in [1.82, 2.24) is 20.1 Å². The summed E-state index contributed by atoms with van der Waals surface area (Å²) >= 11 is 3.07. The van der Waals surface area contributed by atoms with Crippen molar-refractivity contribution in [3.63, 3.8) is 0 Å². The maximum Gasteiger partial charge on any atom is 0.230 e. The minimum absolute atomic E-state index is 0.00746. The van der Waals surface area contributed by atoms with Crippen LogP contribution in [0.4, 0.5) is 0 Å². The summed E-state index contributed by atoms with van der Waals surface area (Å²) in [6.45, 7) is 4.98. The van der Waals surface area contributed by atoms with Crippen molar-refractivity contribution in [2.24, 2.45) is 0 Å². The van der Waals surface area contributed by atoms with Crippen LogP contribution in [0.25, 0.3) is 11.4 Å². The molecule has 1 aromatic carbocycles. The van der Waals surface area contributed by atoms with Crippen LogP contribution in [0.1, 0.15) is 37.6 Å². The van der Waals surface area contributed by atoms with Crippen molar-refractivity contribution in [2.75, 3.05) is 12.9 Å². The third-order valence-corrected chi connectivity index (χ3v) is 6.50. The molecule has 8 heteroatoms. The smallest absolute Gasteiger partial charge is 0.230 e. The molecular weight excluding hydrogens is 404 g/mol. The van der Waals surface area contributed by atoms with Crippen molar-refractivity contribution in [1.29, 1.82) is 0 Å². The van der Waals surface area contributed by atoms with Crippen LogP contribution < -0.4 is 10.1 Å². The number of ether oxygens (including phenoxy) is 1. The molecule has 0 spiro atoms. The average molecular weight is 431 g/mol. The molecule has 29 heavy (non-hydrogen) atoms. The van der Waals surface area contributed by atoms with E-state index < -0.39 is 0 Å². The molecule has 1 N–H and O–H groups in total. The lowest BCUT2D eigenvalue weighted by Crippen LogP contribution is -2.27. The molecule has 0 bridgehead atoms. The minimum Gasteiger partial charge on any atom is -0.497 e. The quantitative estimate of drug-likeness (QED) is 0.469. The third kappa shape index (κ3) is 5.61.